The van der Waals surface area contributed by atoms with Crippen molar-refractivity contribution in [2.75, 3.05) is 13.2 Å². The normalized spacial score (nSPS) is 32.5. The van der Waals surface area contributed by atoms with E-state index in [-0.39, 0.29) is 13.2 Å². The van der Waals surface area contributed by atoms with Crippen molar-refractivity contribution in [1.82, 2.24) is 0 Å². The van der Waals surface area contributed by atoms with Gasteiger partial charge in [0.25, 0.3) is 0 Å². The number of rotatable bonds is 2. The minimum Gasteiger partial charge on any atom is -0.388 e. The molecule has 1 aliphatic heterocycles. The Kier molecular flexibility index (Phi) is 2.45. The summed E-state index contributed by atoms with van der Waals surface area (Å²) in [5, 5.41) is 8.93. The highest BCUT2D eigenvalue weighted by molar-refractivity contribution is 7.80. The molecule has 0 radical (unpaired) electrons. The van der Waals surface area contributed by atoms with Gasteiger partial charge in [-0.25, -0.2) is 4.18 Å². The molecule has 0 aliphatic carbocycles. The molecule has 0 aromatic rings. The number of aliphatic hydroxyl groups is 1. The van der Waals surface area contributed by atoms with E-state index in [4.69, 9.17) is 9.66 Å². The van der Waals surface area contributed by atoms with Gasteiger partial charge < -0.3 is 9.84 Å². The molecular formula is C4H8O6S. The van der Waals surface area contributed by atoms with Crippen LogP contribution in [-0.4, -0.2) is 43.5 Å². The lowest BCUT2D eigenvalue weighted by Crippen LogP contribution is -2.29. The summed E-state index contributed by atoms with van der Waals surface area (Å²) in [7, 11) is -4.48. The second-order valence-corrected chi connectivity index (χ2v) is 3.22. The smallest absolute Gasteiger partial charge is 0.388 e. The molecule has 11 heavy (non-hydrogen) atoms. The first kappa shape index (κ1) is 8.88. The van der Waals surface area contributed by atoms with Crippen molar-refractivity contribution in [3.63, 3.8) is 0 Å². The van der Waals surface area contributed by atoms with E-state index in [0.717, 1.165) is 0 Å². The Labute approximate surface area is 63.7 Å². The van der Waals surface area contributed by atoms with Gasteiger partial charge in [-0.3, -0.25) is 4.55 Å². The molecule has 0 aromatic heterocycles. The van der Waals surface area contributed by atoms with E-state index in [1.807, 2.05) is 0 Å². The summed E-state index contributed by atoms with van der Waals surface area (Å²) in [4.78, 5) is 0. The third kappa shape index (κ3) is 2.72. The van der Waals surface area contributed by atoms with Gasteiger partial charge in [0.15, 0.2) is 0 Å². The number of hydrogen-bond donors (Lipinski definition) is 2. The lowest BCUT2D eigenvalue weighted by Gasteiger charge is -2.09. The maximum Gasteiger partial charge on any atom is 0.397 e. The van der Waals surface area contributed by atoms with Gasteiger partial charge in [-0.2, -0.15) is 8.42 Å². The fraction of sp³-hybridized carbons (Fsp3) is 1.00. The average molecular weight is 184 g/mol. The summed E-state index contributed by atoms with van der Waals surface area (Å²) in [6, 6.07) is 0. The van der Waals surface area contributed by atoms with E-state index < -0.39 is 22.6 Å². The van der Waals surface area contributed by atoms with Crippen molar-refractivity contribution in [2.45, 2.75) is 12.2 Å². The summed E-state index contributed by atoms with van der Waals surface area (Å²) in [6.45, 7) is 0.00113. The van der Waals surface area contributed by atoms with Crippen LogP contribution in [0.15, 0.2) is 0 Å². The van der Waals surface area contributed by atoms with Crippen molar-refractivity contribution in [3.05, 3.63) is 0 Å². The van der Waals surface area contributed by atoms with Crippen LogP contribution in [0.2, 0.25) is 0 Å². The van der Waals surface area contributed by atoms with Crippen molar-refractivity contribution in [2.24, 2.45) is 0 Å². The molecule has 0 aromatic carbocycles. The molecule has 1 saturated heterocycles. The minimum absolute atomic E-state index is 0.0268. The van der Waals surface area contributed by atoms with E-state index in [1.54, 1.807) is 0 Å². The second-order valence-electron chi connectivity index (χ2n) is 2.17. The molecule has 0 amide bonds. The fourth-order valence-electron chi connectivity index (χ4n) is 0.771. The Balaban J connectivity index is 2.50. The van der Waals surface area contributed by atoms with Crippen LogP contribution in [0, 0.1) is 0 Å². The quantitative estimate of drug-likeness (QED) is 0.511. The van der Waals surface area contributed by atoms with Crippen LogP contribution in [0.4, 0.5) is 0 Å². The number of ether oxygens (including phenoxy) is 1. The number of aliphatic hydroxyl groups excluding tert-OH is 1. The van der Waals surface area contributed by atoms with Crippen molar-refractivity contribution in [3.8, 4) is 0 Å². The molecule has 1 aliphatic rings. The molecule has 6 nitrogen and oxygen atoms in total. The van der Waals surface area contributed by atoms with Crippen LogP contribution in [0.5, 0.6) is 0 Å². The van der Waals surface area contributed by atoms with E-state index in [1.165, 1.54) is 0 Å². The molecule has 1 rings (SSSR count). The Morgan fingerprint density at radius 3 is 2.45 bits per heavy atom. The van der Waals surface area contributed by atoms with E-state index in [2.05, 4.69) is 8.92 Å². The molecule has 0 spiro atoms. The fourth-order valence-corrected chi connectivity index (χ4v) is 1.27. The first-order valence-electron chi connectivity index (χ1n) is 2.90. The first-order chi connectivity index (χ1) is 4.99. The molecule has 66 valence electrons. The largest absolute Gasteiger partial charge is 0.397 e. The Morgan fingerprint density at radius 1 is 1.45 bits per heavy atom. The maximum atomic E-state index is 10.1. The van der Waals surface area contributed by atoms with Gasteiger partial charge in [-0.05, 0) is 0 Å². The summed E-state index contributed by atoms with van der Waals surface area (Å²) < 4.78 is 37.1. The Bertz CT molecular complexity index is 221. The number of hydrogen-bond acceptors (Lipinski definition) is 5. The minimum atomic E-state index is -4.48. The average Bonchev–Trinajstić information content (AvgIpc) is 2.12. The first-order valence-corrected chi connectivity index (χ1v) is 4.27. The highest BCUT2D eigenvalue weighted by atomic mass is 32.3. The molecule has 2 unspecified atom stereocenters. The zero-order valence-corrected chi connectivity index (χ0v) is 6.32. The van der Waals surface area contributed by atoms with Gasteiger partial charge in [0, 0.05) is 0 Å². The maximum absolute atomic E-state index is 10.1. The molecule has 2 N–H and O–H groups in total. The van der Waals surface area contributed by atoms with Gasteiger partial charge in [0.05, 0.1) is 13.2 Å². The van der Waals surface area contributed by atoms with Crippen LogP contribution >= 0.6 is 0 Å². The molecule has 1 fully saturated rings. The van der Waals surface area contributed by atoms with Gasteiger partial charge >= 0.3 is 10.4 Å². The standard InChI is InChI=1S/C4H8O6S/c5-3-1-9-2-4(3)10-11(6,7)8/h3-5H,1-2H2,(H,6,7,8). The topological polar surface area (TPSA) is 93.1 Å². The van der Waals surface area contributed by atoms with Crippen molar-refractivity contribution >= 4 is 10.4 Å². The molecule has 7 heteroatoms. The summed E-state index contributed by atoms with van der Waals surface area (Å²) in [5.74, 6) is 0. The van der Waals surface area contributed by atoms with Crippen LogP contribution in [0.1, 0.15) is 0 Å². The predicted molar refractivity (Wildman–Crippen MR) is 33.2 cm³/mol. The van der Waals surface area contributed by atoms with Crippen LogP contribution < -0.4 is 0 Å². The van der Waals surface area contributed by atoms with E-state index >= 15 is 0 Å². The van der Waals surface area contributed by atoms with Gasteiger partial charge in [0.2, 0.25) is 0 Å². The highest BCUT2D eigenvalue weighted by Crippen LogP contribution is 2.11. The van der Waals surface area contributed by atoms with Gasteiger partial charge in [0.1, 0.15) is 12.2 Å². The van der Waals surface area contributed by atoms with E-state index in [0.29, 0.717) is 0 Å². The monoisotopic (exact) mass is 184 g/mol. The Hall–Kier alpha value is -0.210. The summed E-state index contributed by atoms with van der Waals surface area (Å²) in [5.41, 5.74) is 0. The van der Waals surface area contributed by atoms with Gasteiger partial charge in [-0.15, -0.1) is 0 Å². The van der Waals surface area contributed by atoms with Crippen LogP contribution in [0.25, 0.3) is 0 Å². The Morgan fingerprint density at radius 2 is 2.09 bits per heavy atom. The third-order valence-corrected chi connectivity index (χ3v) is 1.74. The SMILES string of the molecule is O=S(=O)(O)OC1COCC1O. The van der Waals surface area contributed by atoms with Crippen molar-refractivity contribution in [1.29, 1.82) is 0 Å². The summed E-state index contributed by atoms with van der Waals surface area (Å²) in [6.07, 6.45) is -1.97. The molecule has 0 bridgehead atoms. The predicted octanol–water partition coefficient (Wildman–Crippen LogP) is -1.43. The zero-order valence-electron chi connectivity index (χ0n) is 5.50. The molecule has 2 atom stereocenters. The van der Waals surface area contributed by atoms with Gasteiger partial charge in [-0.1, -0.05) is 0 Å². The zero-order chi connectivity index (χ0) is 8.48. The molecule has 0 saturated carbocycles. The third-order valence-electron chi connectivity index (χ3n) is 1.25. The molecule has 1 heterocycles. The second kappa shape index (κ2) is 3.03. The molecular weight excluding hydrogens is 176 g/mol. The van der Waals surface area contributed by atoms with Crippen LogP contribution in [0.3, 0.4) is 0 Å². The van der Waals surface area contributed by atoms with Crippen molar-refractivity contribution < 1.29 is 27.0 Å². The van der Waals surface area contributed by atoms with E-state index in [9.17, 15) is 8.42 Å². The highest BCUT2D eigenvalue weighted by Gasteiger charge is 2.30. The van der Waals surface area contributed by atoms with Crippen LogP contribution in [-0.2, 0) is 19.3 Å². The lowest BCUT2D eigenvalue weighted by molar-refractivity contribution is 0.0691. The lowest BCUT2D eigenvalue weighted by atomic mass is 10.3. The summed E-state index contributed by atoms with van der Waals surface area (Å²) >= 11 is 0.